The average molecular weight is 591 g/mol. The molecule has 3 aromatic carbocycles. The predicted octanol–water partition coefficient (Wildman–Crippen LogP) is 5.83. The van der Waals surface area contributed by atoms with Crippen LogP contribution < -0.4 is 9.62 Å². The third kappa shape index (κ3) is 8.21. The fourth-order valence-electron chi connectivity index (χ4n) is 3.96. The molecule has 0 fully saturated rings. The second-order valence-corrected chi connectivity index (χ2v) is 13.1. The zero-order valence-electron chi connectivity index (χ0n) is 22.6. The minimum Gasteiger partial charge on any atom is -0.350 e. The SMILES string of the molecule is Cc1cccc(CN(C(=O)CN(c2cccc(Cl)c2)S(=O)(=O)c2ccc(Cl)cc2)[C@H](C)C(=O)NC(C)(C)C)c1. The molecule has 0 saturated carbocycles. The number of rotatable bonds is 9. The van der Waals surface area contributed by atoms with Gasteiger partial charge in [-0.05, 0) is 82.6 Å². The molecule has 1 atom stereocenters. The molecule has 10 heteroatoms. The average Bonchev–Trinajstić information content (AvgIpc) is 2.84. The number of hydrogen-bond donors (Lipinski definition) is 1. The van der Waals surface area contributed by atoms with Crippen molar-refractivity contribution in [3.63, 3.8) is 0 Å². The van der Waals surface area contributed by atoms with Crippen molar-refractivity contribution in [3.05, 3.63) is 94.0 Å². The minimum absolute atomic E-state index is 0.0385. The summed E-state index contributed by atoms with van der Waals surface area (Å²) in [5.41, 5.74) is 1.51. The Labute approximate surface area is 240 Å². The number of nitrogens with one attached hydrogen (secondary N) is 1. The maximum Gasteiger partial charge on any atom is 0.264 e. The van der Waals surface area contributed by atoms with E-state index in [-0.39, 0.29) is 23.0 Å². The quantitative estimate of drug-likeness (QED) is 0.340. The summed E-state index contributed by atoms with van der Waals surface area (Å²) in [6.45, 7) is 8.68. The Morgan fingerprint density at radius 3 is 2.15 bits per heavy atom. The summed E-state index contributed by atoms with van der Waals surface area (Å²) in [7, 11) is -4.20. The zero-order chi connectivity index (χ0) is 29.0. The number of amides is 2. The topological polar surface area (TPSA) is 86.8 Å². The molecule has 0 aliphatic carbocycles. The summed E-state index contributed by atoms with van der Waals surface area (Å²) in [6, 6.07) is 18.7. The van der Waals surface area contributed by atoms with Crippen LogP contribution in [0.2, 0.25) is 10.0 Å². The van der Waals surface area contributed by atoms with Gasteiger partial charge in [0.2, 0.25) is 11.8 Å². The van der Waals surface area contributed by atoms with E-state index in [1.807, 2.05) is 52.0 Å². The zero-order valence-corrected chi connectivity index (χ0v) is 24.9. The lowest BCUT2D eigenvalue weighted by Gasteiger charge is -2.33. The predicted molar refractivity (Wildman–Crippen MR) is 157 cm³/mol. The number of nitrogens with zero attached hydrogens (tertiary/aromatic N) is 2. The van der Waals surface area contributed by atoms with E-state index in [0.29, 0.717) is 10.0 Å². The van der Waals surface area contributed by atoms with Gasteiger partial charge in [-0.3, -0.25) is 13.9 Å². The van der Waals surface area contributed by atoms with Gasteiger partial charge in [-0.2, -0.15) is 0 Å². The van der Waals surface area contributed by atoms with Crippen molar-refractivity contribution in [3.8, 4) is 0 Å². The third-order valence-electron chi connectivity index (χ3n) is 5.88. The lowest BCUT2D eigenvalue weighted by atomic mass is 10.1. The highest BCUT2D eigenvalue weighted by molar-refractivity contribution is 7.92. The third-order valence-corrected chi connectivity index (χ3v) is 8.15. The monoisotopic (exact) mass is 589 g/mol. The number of sulfonamides is 1. The Hall–Kier alpha value is -3.07. The fraction of sp³-hybridized carbons (Fsp3) is 0.310. The highest BCUT2D eigenvalue weighted by atomic mass is 35.5. The fourth-order valence-corrected chi connectivity index (χ4v) is 5.67. The first-order valence-electron chi connectivity index (χ1n) is 12.4. The molecule has 0 aliphatic heterocycles. The van der Waals surface area contributed by atoms with Crippen LogP contribution >= 0.6 is 23.2 Å². The van der Waals surface area contributed by atoms with E-state index in [2.05, 4.69) is 5.32 Å². The van der Waals surface area contributed by atoms with Gasteiger partial charge in [0.15, 0.2) is 0 Å². The second-order valence-electron chi connectivity index (χ2n) is 10.4. The highest BCUT2D eigenvalue weighted by Crippen LogP contribution is 2.27. The highest BCUT2D eigenvalue weighted by Gasteiger charge is 2.33. The standard InChI is InChI=1S/C29H33Cl2N3O4S/c1-20-8-6-9-22(16-20)18-33(21(2)28(36)32-29(3,4)5)27(35)19-34(25-11-7-10-24(31)17-25)39(37,38)26-14-12-23(30)13-15-26/h6-17,21H,18-19H2,1-5H3,(H,32,36)/t21-/m1/s1. The molecular weight excluding hydrogens is 557 g/mol. The molecule has 0 heterocycles. The van der Waals surface area contributed by atoms with Crippen molar-refractivity contribution >= 4 is 50.7 Å². The van der Waals surface area contributed by atoms with Crippen LogP contribution in [0.4, 0.5) is 5.69 Å². The van der Waals surface area contributed by atoms with Gasteiger partial charge in [-0.15, -0.1) is 0 Å². The van der Waals surface area contributed by atoms with Gasteiger partial charge in [0.1, 0.15) is 12.6 Å². The van der Waals surface area contributed by atoms with Gasteiger partial charge in [-0.1, -0.05) is 59.1 Å². The molecule has 0 aliphatic rings. The second kappa shape index (κ2) is 12.4. The van der Waals surface area contributed by atoms with Gasteiger partial charge < -0.3 is 10.2 Å². The van der Waals surface area contributed by atoms with Crippen LogP contribution in [0.15, 0.2) is 77.7 Å². The minimum atomic E-state index is -4.20. The van der Waals surface area contributed by atoms with Gasteiger partial charge in [0, 0.05) is 22.1 Å². The number of halogens is 2. The largest absolute Gasteiger partial charge is 0.350 e. The summed E-state index contributed by atoms with van der Waals surface area (Å²) >= 11 is 12.2. The maximum atomic E-state index is 13.9. The van der Waals surface area contributed by atoms with Crippen molar-refractivity contribution in [2.24, 2.45) is 0 Å². The first-order chi connectivity index (χ1) is 18.2. The molecule has 3 rings (SSSR count). The first kappa shape index (κ1) is 30.5. The first-order valence-corrected chi connectivity index (χ1v) is 14.6. The van der Waals surface area contributed by atoms with Gasteiger partial charge >= 0.3 is 0 Å². The van der Waals surface area contributed by atoms with E-state index in [0.717, 1.165) is 15.4 Å². The lowest BCUT2D eigenvalue weighted by Crippen LogP contribution is -2.54. The molecule has 0 spiro atoms. The summed E-state index contributed by atoms with van der Waals surface area (Å²) in [4.78, 5) is 28.4. The van der Waals surface area contributed by atoms with Crippen LogP contribution in [0.1, 0.15) is 38.8 Å². The summed E-state index contributed by atoms with van der Waals surface area (Å²) in [5, 5.41) is 3.60. The van der Waals surface area contributed by atoms with E-state index in [9.17, 15) is 18.0 Å². The van der Waals surface area contributed by atoms with Gasteiger partial charge in [0.25, 0.3) is 10.0 Å². The molecule has 2 amide bonds. The van der Waals surface area contributed by atoms with Crippen LogP contribution in [-0.2, 0) is 26.2 Å². The van der Waals surface area contributed by atoms with E-state index in [4.69, 9.17) is 23.2 Å². The number of hydrogen-bond acceptors (Lipinski definition) is 4. The summed E-state index contributed by atoms with van der Waals surface area (Å²) < 4.78 is 28.6. The lowest BCUT2D eigenvalue weighted by molar-refractivity contribution is -0.140. The molecule has 39 heavy (non-hydrogen) atoms. The van der Waals surface area contributed by atoms with Crippen LogP contribution in [0, 0.1) is 6.92 Å². The number of anilines is 1. The van der Waals surface area contributed by atoms with Crippen LogP contribution in [-0.4, -0.2) is 43.3 Å². The number of carbonyl (C=O) groups excluding carboxylic acids is 2. The number of benzene rings is 3. The van der Waals surface area contributed by atoms with Crippen LogP contribution in [0.25, 0.3) is 0 Å². The Morgan fingerprint density at radius 1 is 0.923 bits per heavy atom. The maximum absolute atomic E-state index is 13.9. The van der Waals surface area contributed by atoms with E-state index in [1.54, 1.807) is 25.1 Å². The molecule has 0 saturated heterocycles. The Morgan fingerprint density at radius 2 is 1.56 bits per heavy atom. The van der Waals surface area contributed by atoms with Gasteiger partial charge in [0.05, 0.1) is 10.6 Å². The molecule has 0 aromatic heterocycles. The van der Waals surface area contributed by atoms with Crippen molar-refractivity contribution in [2.45, 2.75) is 57.6 Å². The van der Waals surface area contributed by atoms with Gasteiger partial charge in [-0.25, -0.2) is 8.42 Å². The molecule has 0 radical (unpaired) electrons. The molecule has 0 unspecified atom stereocenters. The van der Waals surface area contributed by atoms with Crippen LogP contribution in [0.3, 0.4) is 0 Å². The normalized spacial score (nSPS) is 12.5. The van der Waals surface area contributed by atoms with Crippen LogP contribution in [0.5, 0.6) is 0 Å². The Balaban J connectivity index is 2.04. The van der Waals surface area contributed by atoms with Crippen molar-refractivity contribution in [1.82, 2.24) is 10.2 Å². The van der Waals surface area contributed by atoms with Crippen molar-refractivity contribution in [2.75, 3.05) is 10.8 Å². The Kier molecular flexibility index (Phi) is 9.69. The number of aryl methyl sites for hydroxylation is 1. The summed E-state index contributed by atoms with van der Waals surface area (Å²) in [5.74, 6) is -0.899. The smallest absolute Gasteiger partial charge is 0.264 e. The summed E-state index contributed by atoms with van der Waals surface area (Å²) in [6.07, 6.45) is 0. The Bertz CT molecular complexity index is 1440. The molecule has 1 N–H and O–H groups in total. The molecule has 7 nitrogen and oxygen atoms in total. The van der Waals surface area contributed by atoms with E-state index in [1.165, 1.54) is 35.2 Å². The van der Waals surface area contributed by atoms with Crippen molar-refractivity contribution < 1.29 is 18.0 Å². The molecule has 0 bridgehead atoms. The van der Waals surface area contributed by atoms with E-state index >= 15 is 0 Å². The van der Waals surface area contributed by atoms with E-state index < -0.39 is 34.1 Å². The molecular formula is C29H33Cl2N3O4S. The number of carbonyl (C=O) groups is 2. The molecule has 208 valence electrons. The molecule has 3 aromatic rings. The van der Waals surface area contributed by atoms with Crippen molar-refractivity contribution in [1.29, 1.82) is 0 Å².